The predicted octanol–water partition coefficient (Wildman–Crippen LogP) is 15.7. The highest BCUT2D eigenvalue weighted by atomic mass is 14.9. The summed E-state index contributed by atoms with van der Waals surface area (Å²) in [6.45, 7) is 4.43. The third kappa shape index (κ3) is 7.87. The number of nitriles is 1. The number of nitrogens with one attached hydrogen (secondary N) is 2. The fourth-order valence-corrected chi connectivity index (χ4v) is 9.36. The minimum Gasteiger partial charge on any atom is -0.362 e. The van der Waals surface area contributed by atoms with Crippen LogP contribution in [-0.2, 0) is 5.41 Å². The monoisotopic (exact) mass is 831 g/mol. The maximum atomic E-state index is 9.25. The molecule has 9 aromatic carbocycles. The summed E-state index contributed by atoms with van der Waals surface area (Å²) in [4.78, 5) is 0. The van der Waals surface area contributed by atoms with E-state index in [1.165, 1.54) is 38.9 Å². The van der Waals surface area contributed by atoms with Crippen molar-refractivity contribution in [2.45, 2.75) is 5.41 Å². The van der Waals surface area contributed by atoms with Crippen molar-refractivity contribution in [1.29, 1.82) is 5.26 Å². The van der Waals surface area contributed by atoms with Crippen molar-refractivity contribution in [1.82, 2.24) is 0 Å². The number of allylic oxidation sites excluding steroid dienone is 4. The summed E-state index contributed by atoms with van der Waals surface area (Å²) in [7, 11) is 0. The first kappa shape index (κ1) is 40.4. The van der Waals surface area contributed by atoms with Crippen LogP contribution in [0.1, 0.15) is 38.9 Å². The van der Waals surface area contributed by atoms with Gasteiger partial charge in [-0.3, -0.25) is 0 Å². The Bertz CT molecular complexity index is 3210. The van der Waals surface area contributed by atoms with Crippen LogP contribution in [0.25, 0.3) is 44.5 Å². The van der Waals surface area contributed by atoms with Gasteiger partial charge >= 0.3 is 0 Å². The summed E-state index contributed by atoms with van der Waals surface area (Å²) in [5, 5.41) is 16.4. The van der Waals surface area contributed by atoms with E-state index in [4.69, 9.17) is 0 Å². The normalized spacial score (nSPS) is 12.5. The number of fused-ring (bicyclic) bond motifs is 3. The molecule has 2 N–H and O–H groups in total. The molecule has 0 fully saturated rings. The molecule has 65 heavy (non-hydrogen) atoms. The van der Waals surface area contributed by atoms with E-state index in [9.17, 15) is 5.26 Å². The molecule has 9 aromatic rings. The van der Waals surface area contributed by atoms with Gasteiger partial charge in [0, 0.05) is 28.8 Å². The lowest BCUT2D eigenvalue weighted by molar-refractivity contribution is 0.770. The van der Waals surface area contributed by atoms with E-state index in [0.717, 1.165) is 56.0 Å². The summed E-state index contributed by atoms with van der Waals surface area (Å²) in [5.74, 6) is 0. The summed E-state index contributed by atoms with van der Waals surface area (Å²) in [5.41, 5.74) is 19.3. The minimum atomic E-state index is -0.490. The van der Waals surface area contributed by atoms with Crippen LogP contribution < -0.4 is 10.6 Å². The Morgan fingerprint density at radius 1 is 0.492 bits per heavy atom. The molecule has 0 aromatic heterocycles. The van der Waals surface area contributed by atoms with Crippen molar-refractivity contribution in [2.75, 3.05) is 10.6 Å². The fourth-order valence-electron chi connectivity index (χ4n) is 9.36. The number of nitrogens with zero attached hydrogens (tertiary/aromatic N) is 1. The molecule has 0 saturated heterocycles. The van der Waals surface area contributed by atoms with Crippen LogP contribution in [0.3, 0.4) is 0 Å². The SMILES string of the molecule is C=C(/C=C(\C=C/Nc1ccc(C#N)cc1)c1cccc(-c2ccccc2Nc2ccc(-c3cccc4c3C(c3ccccc3)(c3ccccc3)c3ccccc3-4)cc2)c1)c1ccccc1. The number of benzene rings is 9. The smallest absolute Gasteiger partial charge is 0.0991 e. The van der Waals surface area contributed by atoms with Gasteiger partial charge in [0.15, 0.2) is 0 Å². The van der Waals surface area contributed by atoms with Crippen molar-refractivity contribution in [3.05, 3.63) is 294 Å². The van der Waals surface area contributed by atoms with Crippen molar-refractivity contribution < 1.29 is 0 Å². The molecule has 0 aliphatic heterocycles. The first-order chi connectivity index (χ1) is 32.1. The molecule has 0 atom stereocenters. The molecular weight excluding hydrogens is 787 g/mol. The zero-order chi connectivity index (χ0) is 44.0. The van der Waals surface area contributed by atoms with Gasteiger partial charge in [0.25, 0.3) is 0 Å². The molecule has 3 heteroatoms. The Labute approximate surface area is 381 Å². The zero-order valence-electron chi connectivity index (χ0n) is 35.8. The van der Waals surface area contributed by atoms with Crippen LogP contribution in [0.15, 0.2) is 255 Å². The Morgan fingerprint density at radius 3 is 1.77 bits per heavy atom. The van der Waals surface area contributed by atoms with Crippen LogP contribution in [0, 0.1) is 11.3 Å². The first-order valence-electron chi connectivity index (χ1n) is 21.9. The van der Waals surface area contributed by atoms with E-state index < -0.39 is 5.41 Å². The highest BCUT2D eigenvalue weighted by Crippen LogP contribution is 2.58. The molecule has 3 nitrogen and oxygen atoms in total. The summed E-state index contributed by atoms with van der Waals surface area (Å²) in [6, 6.07) is 83.5. The average molecular weight is 832 g/mol. The van der Waals surface area contributed by atoms with Gasteiger partial charge in [-0.05, 0) is 133 Å². The van der Waals surface area contributed by atoms with Crippen LogP contribution >= 0.6 is 0 Å². The van der Waals surface area contributed by atoms with Gasteiger partial charge in [0.2, 0.25) is 0 Å². The highest BCUT2D eigenvalue weighted by Gasteiger charge is 2.47. The molecule has 0 spiro atoms. The van der Waals surface area contributed by atoms with Crippen LogP contribution in [-0.4, -0.2) is 0 Å². The van der Waals surface area contributed by atoms with Gasteiger partial charge < -0.3 is 10.6 Å². The van der Waals surface area contributed by atoms with Crippen LogP contribution in [0.5, 0.6) is 0 Å². The quantitative estimate of drug-likeness (QED) is 0.121. The van der Waals surface area contributed by atoms with Crippen molar-refractivity contribution >= 4 is 28.2 Å². The predicted molar refractivity (Wildman–Crippen MR) is 272 cm³/mol. The average Bonchev–Trinajstić information content (AvgIpc) is 3.69. The van der Waals surface area contributed by atoms with Gasteiger partial charge in [-0.2, -0.15) is 5.26 Å². The van der Waals surface area contributed by atoms with Crippen LogP contribution in [0.2, 0.25) is 0 Å². The molecule has 308 valence electrons. The summed E-state index contributed by atoms with van der Waals surface area (Å²) in [6.07, 6.45) is 6.13. The van der Waals surface area contributed by atoms with E-state index in [1.54, 1.807) is 0 Å². The van der Waals surface area contributed by atoms with E-state index >= 15 is 0 Å². The number of rotatable bonds is 12. The molecule has 10 rings (SSSR count). The Balaban J connectivity index is 0.981. The standard InChI is InChI=1S/C62H45N3/c1-44(46-17-5-2-6-18-46)41-49(39-40-64-53-35-31-45(43-63)32-36-53)48-19-15-20-50(42-48)55-25-12-14-30-60(55)65-54-37-33-47(34-38-54)56-27-16-28-58-57-26-11-13-29-59(57)62(61(56)58,51-21-7-3-8-22-51)52-23-9-4-10-24-52/h2-42,64-65H,1H2/b40-39-,49-41+. The minimum absolute atomic E-state index is 0.490. The van der Waals surface area contributed by atoms with Gasteiger partial charge in [0.1, 0.15) is 0 Å². The molecule has 1 aliphatic rings. The molecule has 0 saturated carbocycles. The summed E-state index contributed by atoms with van der Waals surface area (Å²) >= 11 is 0. The summed E-state index contributed by atoms with van der Waals surface area (Å²) < 4.78 is 0. The van der Waals surface area contributed by atoms with Crippen molar-refractivity contribution in [2.24, 2.45) is 0 Å². The molecule has 0 amide bonds. The third-order valence-corrected chi connectivity index (χ3v) is 12.4. The van der Waals surface area contributed by atoms with Crippen LogP contribution in [0.4, 0.5) is 17.1 Å². The molecule has 0 heterocycles. The second-order valence-corrected chi connectivity index (χ2v) is 16.2. The number of hydrogen-bond donors (Lipinski definition) is 2. The number of anilines is 3. The Hall–Kier alpha value is -8.71. The Kier molecular flexibility index (Phi) is 11.1. The lowest BCUT2D eigenvalue weighted by Crippen LogP contribution is -2.29. The lowest BCUT2D eigenvalue weighted by atomic mass is 9.66. The zero-order valence-corrected chi connectivity index (χ0v) is 35.8. The van der Waals surface area contributed by atoms with Gasteiger partial charge in [-0.1, -0.05) is 189 Å². The topological polar surface area (TPSA) is 47.9 Å². The fraction of sp³-hybridized carbons (Fsp3) is 0.0161. The van der Waals surface area contributed by atoms with Crippen molar-refractivity contribution in [3.63, 3.8) is 0 Å². The van der Waals surface area contributed by atoms with Crippen molar-refractivity contribution in [3.8, 4) is 39.4 Å². The largest absolute Gasteiger partial charge is 0.362 e. The van der Waals surface area contributed by atoms with E-state index in [1.807, 2.05) is 48.7 Å². The second kappa shape index (κ2) is 17.9. The highest BCUT2D eigenvalue weighted by molar-refractivity contribution is 5.93. The lowest BCUT2D eigenvalue weighted by Gasteiger charge is -2.35. The Morgan fingerprint density at radius 2 is 1.06 bits per heavy atom. The maximum Gasteiger partial charge on any atom is 0.0991 e. The maximum absolute atomic E-state index is 9.25. The third-order valence-electron chi connectivity index (χ3n) is 12.4. The number of hydrogen-bond acceptors (Lipinski definition) is 3. The molecule has 1 aliphatic carbocycles. The van der Waals surface area contributed by atoms with E-state index in [2.05, 4.69) is 223 Å². The van der Waals surface area contributed by atoms with E-state index in [0.29, 0.717) is 5.56 Å². The van der Waals surface area contributed by atoms with E-state index in [-0.39, 0.29) is 0 Å². The molecule has 0 bridgehead atoms. The van der Waals surface area contributed by atoms with Gasteiger partial charge in [0.05, 0.1) is 17.0 Å². The second-order valence-electron chi connectivity index (χ2n) is 16.2. The van der Waals surface area contributed by atoms with Gasteiger partial charge in [-0.25, -0.2) is 0 Å². The number of para-hydroxylation sites is 1. The molecular formula is C62H45N3. The van der Waals surface area contributed by atoms with Gasteiger partial charge in [-0.15, -0.1) is 0 Å². The molecule has 0 unspecified atom stereocenters. The molecule has 0 radical (unpaired) electrons. The first-order valence-corrected chi connectivity index (χ1v) is 21.9.